The molecular formula is C19H17Br3ClN6O3Y-. The molecule has 3 aromatic rings. The van der Waals surface area contributed by atoms with E-state index in [1.165, 1.54) is 29.9 Å². The number of anilines is 1. The molecule has 0 aliphatic rings. The number of amides is 2. The van der Waals surface area contributed by atoms with Gasteiger partial charge in [-0.2, -0.15) is 5.10 Å². The number of halogens is 4. The molecule has 0 saturated heterocycles. The van der Waals surface area contributed by atoms with Crippen LogP contribution in [0.2, 0.25) is 5.02 Å². The van der Waals surface area contributed by atoms with Crippen LogP contribution in [0.25, 0.3) is 11.2 Å². The molecule has 0 aliphatic carbocycles. The number of nitrogens with zero attached hydrogens (tertiary/aromatic N) is 5. The number of carbonyl (C=O) groups excluding carboxylic acids is 2. The Hall–Kier alpha value is -0.726. The van der Waals surface area contributed by atoms with Gasteiger partial charge in [0.15, 0.2) is 5.82 Å². The minimum atomic E-state index is -0.511. The van der Waals surface area contributed by atoms with Crippen molar-refractivity contribution in [3.8, 4) is 5.82 Å². The third-order valence-corrected chi connectivity index (χ3v) is 5.74. The monoisotopic (exact) mass is 738 g/mol. The second-order valence-corrected chi connectivity index (χ2v) is 8.86. The quantitative estimate of drug-likeness (QED) is 0.356. The van der Waals surface area contributed by atoms with Crippen molar-refractivity contribution in [3.05, 3.63) is 71.8 Å². The van der Waals surface area contributed by atoms with Crippen LogP contribution in [0.4, 0.5) is 5.69 Å². The SMILES string of the molecule is CO.C[N-]N(C)C(=O)c1cc(Br)cc(Br)c1NC(=O)c1cc(Br)nn1-c1ncccc1Cl.[Y]. The van der Waals surface area contributed by atoms with E-state index in [0.717, 1.165) is 7.11 Å². The van der Waals surface area contributed by atoms with Crippen LogP contribution in [0.5, 0.6) is 0 Å². The van der Waals surface area contributed by atoms with E-state index in [0.29, 0.717) is 30.1 Å². The summed E-state index contributed by atoms with van der Waals surface area (Å²) in [5, 5.41) is 15.5. The predicted molar refractivity (Wildman–Crippen MR) is 133 cm³/mol. The van der Waals surface area contributed by atoms with E-state index in [4.69, 9.17) is 16.7 Å². The first-order chi connectivity index (χ1) is 15.2. The molecule has 0 fully saturated rings. The van der Waals surface area contributed by atoms with E-state index >= 15 is 0 Å². The Morgan fingerprint density at radius 2 is 1.88 bits per heavy atom. The molecule has 1 radical (unpaired) electrons. The second kappa shape index (κ2) is 14.0. The molecule has 0 saturated carbocycles. The predicted octanol–water partition coefficient (Wildman–Crippen LogP) is 5.06. The summed E-state index contributed by atoms with van der Waals surface area (Å²) in [7, 11) is 4.02. The Bertz CT molecular complexity index is 1150. The number of nitrogens with one attached hydrogen (secondary N) is 1. The van der Waals surface area contributed by atoms with Gasteiger partial charge in [-0.05, 0) is 63.2 Å². The van der Waals surface area contributed by atoms with Crippen LogP contribution in [0.15, 0.2) is 50.1 Å². The summed E-state index contributed by atoms with van der Waals surface area (Å²) in [5.41, 5.74) is 4.58. The van der Waals surface area contributed by atoms with Crippen molar-refractivity contribution in [2.24, 2.45) is 0 Å². The fraction of sp³-hybridized carbons (Fsp3) is 0.158. The average Bonchev–Trinajstić information content (AvgIpc) is 3.17. The van der Waals surface area contributed by atoms with E-state index in [1.807, 2.05) is 0 Å². The Morgan fingerprint density at radius 1 is 1.21 bits per heavy atom. The largest absolute Gasteiger partial charge is 0.568 e. The first kappa shape index (κ1) is 30.3. The number of aromatic nitrogens is 3. The van der Waals surface area contributed by atoms with Gasteiger partial charge in [-0.15, -0.1) is 7.05 Å². The normalized spacial score (nSPS) is 9.94. The first-order valence-corrected chi connectivity index (χ1v) is 11.5. The Labute approximate surface area is 245 Å². The number of aliphatic hydroxyl groups excluding tert-OH is 1. The summed E-state index contributed by atoms with van der Waals surface area (Å²) in [4.78, 5) is 30.1. The van der Waals surface area contributed by atoms with Gasteiger partial charge in [0.1, 0.15) is 10.3 Å². The van der Waals surface area contributed by atoms with E-state index in [2.05, 4.69) is 68.6 Å². The third-order valence-electron chi connectivity index (χ3n) is 3.97. The van der Waals surface area contributed by atoms with Crippen molar-refractivity contribution in [3.63, 3.8) is 0 Å². The molecule has 0 unspecified atom stereocenters. The average molecular weight is 741 g/mol. The fourth-order valence-corrected chi connectivity index (χ4v) is 4.42. The van der Waals surface area contributed by atoms with Crippen LogP contribution >= 0.6 is 59.4 Å². The molecule has 9 nitrogen and oxygen atoms in total. The third kappa shape index (κ3) is 7.38. The van der Waals surface area contributed by atoms with Crippen molar-refractivity contribution in [2.45, 2.75) is 0 Å². The molecular weight excluding hydrogens is 724 g/mol. The summed E-state index contributed by atoms with van der Waals surface area (Å²) in [6.45, 7) is 0. The molecule has 33 heavy (non-hydrogen) atoms. The summed E-state index contributed by atoms with van der Waals surface area (Å²) in [6.07, 6.45) is 1.55. The van der Waals surface area contributed by atoms with Crippen molar-refractivity contribution in [1.82, 2.24) is 19.8 Å². The summed E-state index contributed by atoms with van der Waals surface area (Å²) >= 11 is 16.3. The molecule has 0 aliphatic heterocycles. The molecule has 0 bridgehead atoms. The number of carbonyl (C=O) groups is 2. The number of hydrogen-bond donors (Lipinski definition) is 2. The minimum absolute atomic E-state index is 0. The molecule has 173 valence electrons. The zero-order valence-electron chi connectivity index (χ0n) is 17.6. The van der Waals surface area contributed by atoms with Crippen LogP contribution in [0.1, 0.15) is 20.8 Å². The van der Waals surface area contributed by atoms with E-state index in [1.54, 1.807) is 30.5 Å². The second-order valence-electron chi connectivity index (χ2n) is 5.87. The zero-order valence-corrected chi connectivity index (χ0v) is 25.9. The molecule has 3 rings (SSSR count). The van der Waals surface area contributed by atoms with Crippen molar-refractivity contribution in [1.29, 1.82) is 0 Å². The number of pyridine rings is 1. The molecule has 2 N–H and O–H groups in total. The summed E-state index contributed by atoms with van der Waals surface area (Å²) < 4.78 is 2.92. The minimum Gasteiger partial charge on any atom is -0.568 e. The molecule has 2 amide bonds. The summed E-state index contributed by atoms with van der Waals surface area (Å²) in [6, 6.07) is 8.18. The van der Waals surface area contributed by atoms with Gasteiger partial charge in [-0.1, -0.05) is 27.5 Å². The first-order valence-electron chi connectivity index (χ1n) is 8.72. The standard InChI is InChI=1S/C18H13Br3ClN6O2.CH4O.Y/c1-23-27(2)18(30)10-6-9(19)7-11(20)15(10)25-17(29)13-8-14(21)26-28(13)16-12(22)4-3-5-24-16;1-2;/h3-8H,1-2H3,(H,25,29);2H,1H3;/q-1;;. The molecule has 2 heterocycles. The van der Waals surface area contributed by atoms with Crippen molar-refractivity contribution in [2.75, 3.05) is 26.5 Å². The smallest absolute Gasteiger partial charge is 0.274 e. The molecule has 0 atom stereocenters. The topological polar surface area (TPSA) is 114 Å². The van der Waals surface area contributed by atoms with Gasteiger partial charge < -0.3 is 20.9 Å². The number of aliphatic hydroxyl groups is 1. The van der Waals surface area contributed by atoms with Gasteiger partial charge in [0.05, 0.1) is 16.3 Å². The van der Waals surface area contributed by atoms with Crippen LogP contribution in [-0.2, 0) is 32.7 Å². The van der Waals surface area contributed by atoms with E-state index < -0.39 is 11.8 Å². The van der Waals surface area contributed by atoms with Gasteiger partial charge in [0.25, 0.3) is 5.91 Å². The van der Waals surface area contributed by atoms with Crippen molar-refractivity contribution >= 4 is 76.9 Å². The molecule has 0 spiro atoms. The van der Waals surface area contributed by atoms with Crippen LogP contribution in [0, 0.1) is 0 Å². The number of hydrogen-bond acceptors (Lipinski definition) is 5. The number of rotatable bonds is 5. The maximum absolute atomic E-state index is 13.1. The zero-order chi connectivity index (χ0) is 24.0. The Kier molecular flexibility index (Phi) is 12.8. The van der Waals surface area contributed by atoms with Gasteiger partial charge in [-0.3, -0.25) is 9.59 Å². The molecule has 14 heteroatoms. The Morgan fingerprint density at radius 3 is 2.48 bits per heavy atom. The molecule has 1 aromatic carbocycles. The van der Waals surface area contributed by atoms with Gasteiger partial charge in [-0.25, -0.2) is 9.67 Å². The summed E-state index contributed by atoms with van der Waals surface area (Å²) in [5.74, 6) is -0.606. The van der Waals surface area contributed by atoms with Crippen LogP contribution in [0.3, 0.4) is 0 Å². The van der Waals surface area contributed by atoms with Crippen LogP contribution in [-0.4, -0.2) is 57.9 Å². The van der Waals surface area contributed by atoms with E-state index in [9.17, 15) is 9.59 Å². The van der Waals surface area contributed by atoms with Gasteiger partial charge in [0, 0.05) is 61.0 Å². The number of benzene rings is 1. The maximum Gasteiger partial charge on any atom is 0.274 e. The molecule has 2 aromatic heterocycles. The van der Waals surface area contributed by atoms with Gasteiger partial charge in [0.2, 0.25) is 5.91 Å². The van der Waals surface area contributed by atoms with Crippen molar-refractivity contribution < 1.29 is 47.4 Å². The van der Waals surface area contributed by atoms with E-state index in [-0.39, 0.29) is 44.0 Å². The van der Waals surface area contributed by atoms with Crippen LogP contribution < -0.4 is 5.32 Å². The Balaban J connectivity index is 0.00000177. The fourth-order valence-electron chi connectivity index (χ4n) is 2.52. The maximum atomic E-state index is 13.1. The van der Waals surface area contributed by atoms with Gasteiger partial charge >= 0.3 is 0 Å².